The Balaban J connectivity index is 1.82. The van der Waals surface area contributed by atoms with Crippen molar-refractivity contribution in [2.24, 2.45) is 5.92 Å². The zero-order valence-corrected chi connectivity index (χ0v) is 17.4. The number of anilines is 1. The Labute approximate surface area is 171 Å². The fourth-order valence-electron chi connectivity index (χ4n) is 2.93. The Hall–Kier alpha value is -2.53. The van der Waals surface area contributed by atoms with Crippen LogP contribution in [0.3, 0.4) is 0 Å². The van der Waals surface area contributed by atoms with Crippen molar-refractivity contribution in [2.75, 3.05) is 18.0 Å². The summed E-state index contributed by atoms with van der Waals surface area (Å²) in [5.41, 5.74) is 2.94. The third-order valence-electron chi connectivity index (χ3n) is 4.55. The van der Waals surface area contributed by atoms with E-state index >= 15 is 0 Å². The molecular weight excluding hydrogens is 368 g/mol. The number of thioether (sulfide) groups is 1. The van der Waals surface area contributed by atoms with Gasteiger partial charge in [0.25, 0.3) is 5.91 Å². The molecule has 0 fully saturated rings. The van der Waals surface area contributed by atoms with Gasteiger partial charge < -0.3 is 5.32 Å². The lowest BCUT2D eigenvalue weighted by Gasteiger charge is -2.29. The van der Waals surface area contributed by atoms with Crippen LogP contribution in [0.15, 0.2) is 58.3 Å². The molecule has 1 N–H and O–H groups in total. The van der Waals surface area contributed by atoms with E-state index in [1.54, 1.807) is 4.90 Å². The molecule has 28 heavy (non-hydrogen) atoms. The molecule has 1 aliphatic heterocycles. The molecule has 0 saturated carbocycles. The van der Waals surface area contributed by atoms with Crippen LogP contribution < -0.4 is 10.2 Å². The van der Waals surface area contributed by atoms with Crippen LogP contribution in [-0.2, 0) is 9.59 Å². The Kier molecular flexibility index (Phi) is 6.57. The van der Waals surface area contributed by atoms with Crippen LogP contribution in [0.5, 0.6) is 0 Å². The first-order valence-corrected chi connectivity index (χ1v) is 10.4. The van der Waals surface area contributed by atoms with E-state index < -0.39 is 0 Å². The van der Waals surface area contributed by atoms with Gasteiger partial charge in [-0.2, -0.15) is 0 Å². The summed E-state index contributed by atoms with van der Waals surface area (Å²) in [6.45, 7) is 6.93. The lowest BCUT2D eigenvalue weighted by Crippen LogP contribution is -2.43. The topological polar surface area (TPSA) is 49.4 Å². The number of nitrogens with zero attached hydrogens (tertiary/aromatic N) is 1. The van der Waals surface area contributed by atoms with Crippen molar-refractivity contribution in [3.05, 3.63) is 64.6 Å². The van der Waals surface area contributed by atoms with E-state index in [4.69, 9.17) is 0 Å². The first kappa shape index (κ1) is 20.2. The van der Waals surface area contributed by atoms with E-state index in [2.05, 4.69) is 19.2 Å². The number of fused-ring (bicyclic) bond motifs is 1. The van der Waals surface area contributed by atoms with Gasteiger partial charge in [-0.05, 0) is 43.0 Å². The van der Waals surface area contributed by atoms with Gasteiger partial charge in [0.15, 0.2) is 0 Å². The predicted molar refractivity (Wildman–Crippen MR) is 116 cm³/mol. The summed E-state index contributed by atoms with van der Waals surface area (Å²) in [7, 11) is 0. The quantitative estimate of drug-likeness (QED) is 0.727. The van der Waals surface area contributed by atoms with Crippen molar-refractivity contribution in [1.29, 1.82) is 0 Å². The fourth-order valence-corrected chi connectivity index (χ4v) is 3.99. The molecule has 0 radical (unpaired) electrons. The van der Waals surface area contributed by atoms with Crippen LogP contribution >= 0.6 is 11.8 Å². The second-order valence-corrected chi connectivity index (χ2v) is 8.50. The number of hydrogen-bond acceptors (Lipinski definition) is 3. The Morgan fingerprint density at radius 3 is 2.57 bits per heavy atom. The molecule has 146 valence electrons. The summed E-state index contributed by atoms with van der Waals surface area (Å²) in [5, 5.41) is 2.92. The average Bonchev–Trinajstić information content (AvgIpc) is 2.66. The maximum atomic E-state index is 13.1. The van der Waals surface area contributed by atoms with E-state index in [0.717, 1.165) is 22.6 Å². The molecule has 2 aromatic carbocycles. The minimum atomic E-state index is -0.136. The summed E-state index contributed by atoms with van der Waals surface area (Å²) in [5.74, 6) is 0.256. The standard InChI is InChI=1S/C23H26N2O2S/c1-16(2)12-13-24-22(26)15-25-19-6-4-5-7-20(19)28-21(23(25)27)14-18-10-8-17(3)9-11-18/h4-11,14,16H,12-13,15H2,1-3H3,(H,24,26)/b21-14-. The summed E-state index contributed by atoms with van der Waals surface area (Å²) in [6.07, 6.45) is 2.82. The number of hydrogen-bond donors (Lipinski definition) is 1. The van der Waals surface area contributed by atoms with Crippen molar-refractivity contribution < 1.29 is 9.59 Å². The number of carbonyl (C=O) groups excluding carboxylic acids is 2. The average molecular weight is 395 g/mol. The molecule has 0 atom stereocenters. The van der Waals surface area contributed by atoms with Crippen molar-refractivity contribution in [3.63, 3.8) is 0 Å². The summed E-state index contributed by atoms with van der Waals surface area (Å²) in [4.78, 5) is 28.7. The Morgan fingerprint density at radius 1 is 1.14 bits per heavy atom. The molecule has 1 heterocycles. The van der Waals surface area contributed by atoms with Crippen molar-refractivity contribution in [3.8, 4) is 0 Å². The van der Waals surface area contributed by atoms with Gasteiger partial charge in [-0.25, -0.2) is 0 Å². The SMILES string of the molecule is Cc1ccc(/C=C2\Sc3ccccc3N(CC(=O)NCCC(C)C)C2=O)cc1. The van der Waals surface area contributed by atoms with Gasteiger partial charge in [-0.15, -0.1) is 0 Å². The molecule has 2 amide bonds. The van der Waals surface area contributed by atoms with E-state index in [1.807, 2.05) is 61.5 Å². The normalized spacial score (nSPS) is 15.1. The molecule has 0 bridgehead atoms. The number of rotatable bonds is 6. The van der Waals surface area contributed by atoms with Gasteiger partial charge in [0, 0.05) is 11.4 Å². The molecule has 1 aliphatic rings. The molecule has 0 aromatic heterocycles. The fraction of sp³-hybridized carbons (Fsp3) is 0.304. The van der Waals surface area contributed by atoms with Gasteiger partial charge in [0.2, 0.25) is 5.91 Å². The number of nitrogens with one attached hydrogen (secondary N) is 1. The monoisotopic (exact) mass is 394 g/mol. The van der Waals surface area contributed by atoms with Crippen molar-refractivity contribution in [1.82, 2.24) is 5.32 Å². The highest BCUT2D eigenvalue weighted by Gasteiger charge is 2.30. The third-order valence-corrected chi connectivity index (χ3v) is 5.63. The van der Waals surface area contributed by atoms with Crippen LogP contribution in [0.2, 0.25) is 0 Å². The first-order valence-electron chi connectivity index (χ1n) is 9.58. The van der Waals surface area contributed by atoms with Gasteiger partial charge in [0.1, 0.15) is 6.54 Å². The van der Waals surface area contributed by atoms with Crippen molar-refractivity contribution >= 4 is 35.3 Å². The molecule has 2 aromatic rings. The summed E-state index contributed by atoms with van der Waals surface area (Å²) in [6, 6.07) is 15.8. The maximum Gasteiger partial charge on any atom is 0.265 e. The van der Waals surface area contributed by atoms with Gasteiger partial charge in [-0.3, -0.25) is 14.5 Å². The van der Waals surface area contributed by atoms with Gasteiger partial charge in [0.05, 0.1) is 10.6 Å². The molecule has 5 heteroatoms. The van der Waals surface area contributed by atoms with Crippen LogP contribution in [0.25, 0.3) is 6.08 Å². The van der Waals surface area contributed by atoms with Crippen LogP contribution in [0, 0.1) is 12.8 Å². The second-order valence-electron chi connectivity index (χ2n) is 7.41. The first-order chi connectivity index (χ1) is 13.4. The van der Waals surface area contributed by atoms with E-state index in [1.165, 1.54) is 17.3 Å². The highest BCUT2D eigenvalue weighted by Crippen LogP contribution is 2.41. The Morgan fingerprint density at radius 2 is 1.86 bits per heavy atom. The maximum absolute atomic E-state index is 13.1. The number of carbonyl (C=O) groups is 2. The summed E-state index contributed by atoms with van der Waals surface area (Å²) < 4.78 is 0. The predicted octanol–water partition coefficient (Wildman–Crippen LogP) is 4.64. The number of benzene rings is 2. The van der Waals surface area contributed by atoms with Crippen LogP contribution in [0.1, 0.15) is 31.4 Å². The highest BCUT2D eigenvalue weighted by molar-refractivity contribution is 8.04. The number of aryl methyl sites for hydroxylation is 1. The smallest absolute Gasteiger partial charge is 0.265 e. The molecule has 0 spiro atoms. The zero-order chi connectivity index (χ0) is 20.1. The highest BCUT2D eigenvalue weighted by atomic mass is 32.2. The van der Waals surface area contributed by atoms with E-state index in [-0.39, 0.29) is 18.4 Å². The molecule has 0 unspecified atom stereocenters. The third kappa shape index (κ3) is 5.04. The zero-order valence-electron chi connectivity index (χ0n) is 16.6. The lowest BCUT2D eigenvalue weighted by molar-refractivity contribution is -0.122. The minimum Gasteiger partial charge on any atom is -0.355 e. The minimum absolute atomic E-state index is 0.0275. The molecule has 0 saturated heterocycles. The molecule has 3 rings (SSSR count). The van der Waals surface area contributed by atoms with E-state index in [0.29, 0.717) is 17.4 Å². The molecular formula is C23H26N2O2S. The van der Waals surface area contributed by atoms with Crippen LogP contribution in [-0.4, -0.2) is 24.9 Å². The number of para-hydroxylation sites is 1. The second kappa shape index (κ2) is 9.11. The largest absolute Gasteiger partial charge is 0.355 e. The van der Waals surface area contributed by atoms with E-state index in [9.17, 15) is 9.59 Å². The van der Waals surface area contributed by atoms with Crippen LogP contribution in [0.4, 0.5) is 5.69 Å². The number of amides is 2. The van der Waals surface area contributed by atoms with Gasteiger partial charge in [-0.1, -0.05) is 67.6 Å². The molecule has 4 nitrogen and oxygen atoms in total. The molecule has 0 aliphatic carbocycles. The van der Waals surface area contributed by atoms with Gasteiger partial charge >= 0.3 is 0 Å². The lowest BCUT2D eigenvalue weighted by atomic mass is 10.1. The van der Waals surface area contributed by atoms with Crippen molar-refractivity contribution in [2.45, 2.75) is 32.1 Å². The summed E-state index contributed by atoms with van der Waals surface area (Å²) >= 11 is 1.45. The Bertz CT molecular complexity index is 888.